The van der Waals surface area contributed by atoms with Crippen LogP contribution < -0.4 is 0 Å². The van der Waals surface area contributed by atoms with Crippen molar-refractivity contribution in [2.24, 2.45) is 0 Å². The van der Waals surface area contributed by atoms with E-state index in [1.165, 1.54) is 14.2 Å². The molecule has 7 heteroatoms. The van der Waals surface area contributed by atoms with Crippen LogP contribution in [0, 0.1) is 6.92 Å². The highest BCUT2D eigenvalue weighted by molar-refractivity contribution is 9.10. The van der Waals surface area contributed by atoms with Gasteiger partial charge in [-0.25, -0.2) is 9.59 Å². The molecule has 28 heavy (non-hydrogen) atoms. The number of hydrogen-bond donors (Lipinski definition) is 2. The quantitative estimate of drug-likeness (QED) is 0.428. The average molecular weight is 443 g/mol. The molecule has 0 radical (unpaired) electrons. The van der Waals surface area contributed by atoms with Crippen LogP contribution in [0.4, 0.5) is 0 Å². The van der Waals surface area contributed by atoms with Crippen LogP contribution in [0.25, 0.3) is 21.8 Å². The number of ether oxygens (including phenoxy) is 2. The Hall–Kier alpha value is -3.06. The number of methoxy groups -OCH3 is 2. The van der Waals surface area contributed by atoms with E-state index in [2.05, 4.69) is 35.4 Å². The Balaban J connectivity index is 0.000000161. The molecule has 0 aliphatic rings. The zero-order chi connectivity index (χ0) is 20.3. The molecular formula is C21H19BrN2O4. The van der Waals surface area contributed by atoms with Gasteiger partial charge >= 0.3 is 11.9 Å². The van der Waals surface area contributed by atoms with Crippen molar-refractivity contribution >= 4 is 49.7 Å². The summed E-state index contributed by atoms with van der Waals surface area (Å²) in [7, 11) is 2.76. The Morgan fingerprint density at radius 1 is 0.821 bits per heavy atom. The number of aryl methyl sites for hydroxylation is 1. The third kappa shape index (κ3) is 3.94. The average Bonchev–Trinajstić information content (AvgIpc) is 3.36. The Morgan fingerprint density at radius 2 is 1.32 bits per heavy atom. The zero-order valence-electron chi connectivity index (χ0n) is 15.6. The first kappa shape index (κ1) is 19.7. The number of hydrogen-bond acceptors (Lipinski definition) is 4. The van der Waals surface area contributed by atoms with Gasteiger partial charge in [-0.2, -0.15) is 0 Å². The van der Waals surface area contributed by atoms with E-state index in [9.17, 15) is 9.59 Å². The maximum Gasteiger partial charge on any atom is 0.337 e. The maximum atomic E-state index is 11.3. The molecule has 4 rings (SSSR count). The van der Waals surface area contributed by atoms with Crippen molar-refractivity contribution in [3.63, 3.8) is 0 Å². The largest absolute Gasteiger partial charge is 0.465 e. The van der Waals surface area contributed by atoms with Gasteiger partial charge in [0.05, 0.1) is 30.9 Å². The van der Waals surface area contributed by atoms with Gasteiger partial charge < -0.3 is 19.4 Å². The highest BCUT2D eigenvalue weighted by atomic mass is 79.9. The van der Waals surface area contributed by atoms with Crippen LogP contribution in [0.3, 0.4) is 0 Å². The smallest absolute Gasteiger partial charge is 0.337 e. The van der Waals surface area contributed by atoms with E-state index in [0.717, 1.165) is 31.8 Å². The van der Waals surface area contributed by atoms with Gasteiger partial charge in [0.2, 0.25) is 0 Å². The third-order valence-corrected chi connectivity index (χ3v) is 4.94. The molecule has 6 nitrogen and oxygen atoms in total. The summed E-state index contributed by atoms with van der Waals surface area (Å²) in [5, 5.41) is 2.02. The topological polar surface area (TPSA) is 84.2 Å². The molecule has 0 bridgehead atoms. The Kier molecular flexibility index (Phi) is 5.84. The number of fused-ring (bicyclic) bond motifs is 2. The number of H-pyrrole nitrogens is 2. The van der Waals surface area contributed by atoms with E-state index in [4.69, 9.17) is 0 Å². The highest BCUT2D eigenvalue weighted by Crippen LogP contribution is 2.24. The first-order valence-corrected chi connectivity index (χ1v) is 9.25. The molecule has 2 N–H and O–H groups in total. The van der Waals surface area contributed by atoms with E-state index in [0.29, 0.717) is 11.1 Å². The van der Waals surface area contributed by atoms with Crippen molar-refractivity contribution in [2.75, 3.05) is 14.2 Å². The summed E-state index contributed by atoms with van der Waals surface area (Å²) in [5.74, 6) is -0.620. The summed E-state index contributed by atoms with van der Waals surface area (Å²) in [6, 6.07) is 11.0. The molecule has 2 aromatic heterocycles. The second-order valence-corrected chi connectivity index (χ2v) is 6.97. The molecular weight excluding hydrogens is 424 g/mol. The number of aromatic amines is 2. The molecule has 0 fully saturated rings. The van der Waals surface area contributed by atoms with Crippen LogP contribution in [-0.4, -0.2) is 36.1 Å². The fourth-order valence-electron chi connectivity index (χ4n) is 2.96. The SMILES string of the molecule is COC(=O)c1cc(Br)c2[nH]ccc2c1.COC(=O)c1cc(C)c2[nH]ccc2c1. The number of carbonyl (C=O) groups excluding carboxylic acids is 2. The number of rotatable bonds is 2. The third-order valence-electron chi connectivity index (χ3n) is 4.31. The number of benzene rings is 2. The van der Waals surface area contributed by atoms with Crippen LogP contribution in [0.15, 0.2) is 53.3 Å². The van der Waals surface area contributed by atoms with Crippen molar-refractivity contribution < 1.29 is 19.1 Å². The predicted molar refractivity (Wildman–Crippen MR) is 112 cm³/mol. The molecule has 0 spiro atoms. The predicted octanol–water partition coefficient (Wildman–Crippen LogP) is 4.98. The van der Waals surface area contributed by atoms with Gasteiger partial charge in [0.15, 0.2) is 0 Å². The van der Waals surface area contributed by atoms with Gasteiger partial charge in [0, 0.05) is 33.2 Å². The van der Waals surface area contributed by atoms with Gasteiger partial charge in [0.25, 0.3) is 0 Å². The van der Waals surface area contributed by atoms with Gasteiger partial charge in [-0.1, -0.05) is 0 Å². The summed E-state index contributed by atoms with van der Waals surface area (Å²) in [5.41, 5.74) is 4.24. The van der Waals surface area contributed by atoms with Crippen molar-refractivity contribution in [1.82, 2.24) is 9.97 Å². The van der Waals surface area contributed by atoms with E-state index in [-0.39, 0.29) is 11.9 Å². The summed E-state index contributed by atoms with van der Waals surface area (Å²) >= 11 is 3.39. The van der Waals surface area contributed by atoms with Gasteiger partial charge in [-0.15, -0.1) is 0 Å². The summed E-state index contributed by atoms with van der Waals surface area (Å²) in [4.78, 5) is 28.8. The number of nitrogens with one attached hydrogen (secondary N) is 2. The molecule has 4 aromatic rings. The normalized spacial score (nSPS) is 10.4. The molecule has 2 aromatic carbocycles. The first-order valence-electron chi connectivity index (χ1n) is 8.45. The minimum atomic E-state index is -0.325. The summed E-state index contributed by atoms with van der Waals surface area (Å²) < 4.78 is 10.2. The van der Waals surface area contributed by atoms with Crippen molar-refractivity contribution in [1.29, 1.82) is 0 Å². The van der Waals surface area contributed by atoms with Crippen LogP contribution in [0.2, 0.25) is 0 Å². The van der Waals surface area contributed by atoms with Crippen molar-refractivity contribution in [3.8, 4) is 0 Å². The molecule has 0 atom stereocenters. The van der Waals surface area contributed by atoms with E-state index in [1.807, 2.05) is 43.6 Å². The minimum absolute atomic E-state index is 0.295. The standard InChI is InChI=1S/C11H11NO2.C10H8BrNO2/c1-7-5-9(11(13)14-2)6-8-3-4-12-10(7)8;1-14-10(13)7-4-6-2-3-12-9(6)8(11)5-7/h3-6,12H,1-2H3;2-5,12H,1H3. The van der Waals surface area contributed by atoms with Gasteiger partial charge in [0.1, 0.15) is 0 Å². The second-order valence-electron chi connectivity index (χ2n) is 6.12. The maximum absolute atomic E-state index is 11.3. The van der Waals surface area contributed by atoms with Crippen LogP contribution in [0.5, 0.6) is 0 Å². The van der Waals surface area contributed by atoms with Crippen molar-refractivity contribution in [2.45, 2.75) is 6.92 Å². The van der Waals surface area contributed by atoms with Crippen LogP contribution in [0.1, 0.15) is 26.3 Å². The fraction of sp³-hybridized carbons (Fsp3) is 0.143. The Morgan fingerprint density at radius 3 is 1.89 bits per heavy atom. The zero-order valence-corrected chi connectivity index (χ0v) is 17.2. The fourth-order valence-corrected chi connectivity index (χ4v) is 3.55. The first-order chi connectivity index (χ1) is 13.4. The number of aromatic nitrogens is 2. The van der Waals surface area contributed by atoms with E-state index in [1.54, 1.807) is 12.1 Å². The van der Waals surface area contributed by atoms with Crippen molar-refractivity contribution in [3.05, 3.63) is 70.0 Å². The van der Waals surface area contributed by atoms with E-state index < -0.39 is 0 Å². The lowest BCUT2D eigenvalue weighted by atomic mass is 10.1. The summed E-state index contributed by atoms with van der Waals surface area (Å²) in [6.45, 7) is 1.96. The molecule has 0 saturated carbocycles. The molecule has 0 amide bonds. The lowest BCUT2D eigenvalue weighted by Crippen LogP contribution is -2.01. The summed E-state index contributed by atoms with van der Waals surface area (Å²) in [6.07, 6.45) is 3.69. The lowest BCUT2D eigenvalue weighted by molar-refractivity contribution is 0.0592. The number of carbonyl (C=O) groups is 2. The Bertz CT molecular complexity index is 1070. The number of halogens is 1. The van der Waals surface area contributed by atoms with E-state index >= 15 is 0 Å². The number of esters is 2. The molecule has 2 heterocycles. The van der Waals surface area contributed by atoms with Crippen LogP contribution in [-0.2, 0) is 9.47 Å². The van der Waals surface area contributed by atoms with Gasteiger partial charge in [-0.05, 0) is 64.8 Å². The molecule has 0 unspecified atom stereocenters. The van der Waals surface area contributed by atoms with Crippen LogP contribution >= 0.6 is 15.9 Å². The minimum Gasteiger partial charge on any atom is -0.465 e. The monoisotopic (exact) mass is 442 g/mol. The Labute approximate surface area is 170 Å². The lowest BCUT2D eigenvalue weighted by Gasteiger charge is -2.02. The second kappa shape index (κ2) is 8.31. The molecule has 0 saturated heterocycles. The van der Waals surface area contributed by atoms with Gasteiger partial charge in [-0.3, -0.25) is 0 Å². The highest BCUT2D eigenvalue weighted by Gasteiger charge is 2.10. The molecule has 0 aliphatic heterocycles. The molecule has 0 aliphatic carbocycles. The molecule has 144 valence electrons.